The molecule has 0 aromatic rings. The lowest BCUT2D eigenvalue weighted by Gasteiger charge is -2.10. The van der Waals surface area contributed by atoms with E-state index in [9.17, 15) is 4.79 Å². The predicted octanol–water partition coefficient (Wildman–Crippen LogP) is 1.74. The lowest BCUT2D eigenvalue weighted by atomic mass is 10.2. The smallest absolute Gasteiger partial charge is 0.250 e. The minimum Gasteiger partial charge on any atom is -0.338 e. The third-order valence-electron chi connectivity index (χ3n) is 1.81. The summed E-state index contributed by atoms with van der Waals surface area (Å²) in [5.41, 5.74) is 5.04. The summed E-state index contributed by atoms with van der Waals surface area (Å²) in [5.74, 6) is -0.131. The van der Waals surface area contributed by atoms with E-state index in [1.54, 1.807) is 0 Å². The van der Waals surface area contributed by atoms with Crippen molar-refractivity contribution < 1.29 is 14.2 Å². The van der Waals surface area contributed by atoms with Crippen LogP contribution in [0.25, 0.3) is 0 Å². The molecule has 0 spiro atoms. The highest BCUT2D eigenvalue weighted by molar-refractivity contribution is 7.43. The normalized spacial score (nSPS) is 12.5. The van der Waals surface area contributed by atoms with Gasteiger partial charge in [0.15, 0.2) is 0 Å². The largest absolute Gasteiger partial charge is 0.338 e. The van der Waals surface area contributed by atoms with Crippen molar-refractivity contribution in [3.05, 3.63) is 0 Å². The van der Waals surface area contributed by atoms with Gasteiger partial charge in [0, 0.05) is 25.2 Å². The number of hydrogen-bond acceptors (Lipinski definition) is 4. The zero-order valence-electron chi connectivity index (χ0n) is 8.86. The molecule has 0 saturated carbocycles. The second kappa shape index (κ2) is 9.31. The quantitative estimate of drug-likeness (QED) is 0.394. The molecule has 5 nitrogen and oxygen atoms in total. The number of nitrogens with zero attached hydrogens (tertiary/aromatic N) is 1. The van der Waals surface area contributed by atoms with Gasteiger partial charge in [0.25, 0.3) is 0 Å². The minimum absolute atomic E-state index is 0.131. The minimum atomic E-state index is -1.72. The summed E-state index contributed by atoms with van der Waals surface area (Å²) in [6, 6.07) is 0. The van der Waals surface area contributed by atoms with Gasteiger partial charge in [-0.1, -0.05) is 12.8 Å². The average molecular weight is 257 g/mol. The number of amides is 1. The van der Waals surface area contributed by atoms with Crippen LogP contribution in [0.15, 0.2) is 0 Å². The maximum atomic E-state index is 10.7. The number of halogens is 1. The van der Waals surface area contributed by atoms with Crippen LogP contribution < -0.4 is 5.50 Å². The fourth-order valence-corrected chi connectivity index (χ4v) is 1.46. The van der Waals surface area contributed by atoms with Gasteiger partial charge in [0.2, 0.25) is 14.4 Å². The topological polar surface area (TPSA) is 75.8 Å². The number of rotatable bonds is 8. The van der Waals surface area contributed by atoms with Crippen molar-refractivity contribution in [2.24, 2.45) is 5.50 Å². The van der Waals surface area contributed by atoms with Gasteiger partial charge in [-0.25, -0.2) is 0 Å². The summed E-state index contributed by atoms with van der Waals surface area (Å²) in [7, 11) is -1.72. The Kier molecular flexibility index (Phi) is 9.35. The van der Waals surface area contributed by atoms with Crippen LogP contribution in [-0.4, -0.2) is 28.4 Å². The second-order valence-corrected chi connectivity index (χ2v) is 4.43. The molecule has 15 heavy (non-hydrogen) atoms. The molecule has 0 aromatic heterocycles. The molecule has 0 rings (SSSR count). The first-order valence-corrected chi connectivity index (χ1v) is 6.46. The van der Waals surface area contributed by atoms with Crippen LogP contribution >= 0.6 is 20.3 Å². The summed E-state index contributed by atoms with van der Waals surface area (Å²) in [6.45, 7) is 2.49. The van der Waals surface area contributed by atoms with E-state index in [1.807, 2.05) is 0 Å². The van der Waals surface area contributed by atoms with E-state index in [0.29, 0.717) is 13.2 Å². The first-order chi connectivity index (χ1) is 7.04. The average Bonchev–Trinajstić information content (AvgIpc) is 2.15. The molecule has 0 heterocycles. The van der Waals surface area contributed by atoms with Gasteiger partial charge in [0.1, 0.15) is 0 Å². The lowest BCUT2D eigenvalue weighted by molar-refractivity contribution is -0.124. The Bertz CT molecular complexity index is 183. The Morgan fingerprint density at radius 1 is 1.47 bits per heavy atom. The summed E-state index contributed by atoms with van der Waals surface area (Å²) in [5, 5.41) is 0. The fourth-order valence-electron chi connectivity index (χ4n) is 1.02. The van der Waals surface area contributed by atoms with Gasteiger partial charge in [-0.3, -0.25) is 14.7 Å². The summed E-state index contributed by atoms with van der Waals surface area (Å²) < 4.78 is 6.00. The van der Waals surface area contributed by atoms with Crippen molar-refractivity contribution in [2.75, 3.05) is 13.2 Å². The molecular weight excluding hydrogens is 239 g/mol. The van der Waals surface area contributed by atoms with Gasteiger partial charge >= 0.3 is 0 Å². The summed E-state index contributed by atoms with van der Waals surface area (Å²) in [4.78, 5) is 19.4. The Hall–Kier alpha value is 0.0700. The van der Waals surface area contributed by atoms with E-state index < -0.39 is 8.53 Å². The van der Waals surface area contributed by atoms with E-state index in [2.05, 4.69) is 0 Å². The van der Waals surface area contributed by atoms with Crippen LogP contribution in [-0.2, 0) is 9.32 Å². The molecule has 0 bridgehead atoms. The molecule has 1 unspecified atom stereocenters. The maximum Gasteiger partial charge on any atom is 0.250 e. The van der Waals surface area contributed by atoms with Crippen LogP contribution in [0.3, 0.4) is 0 Å². The molecule has 0 aromatic carbocycles. The number of carbonyl (C=O) groups is 1. The Balaban J connectivity index is 3.15. The van der Waals surface area contributed by atoms with E-state index >= 15 is 0 Å². The molecule has 3 N–H and O–H groups in total. The summed E-state index contributed by atoms with van der Waals surface area (Å²) in [6.07, 6.45) is 3.69. The molecule has 0 aliphatic rings. The van der Waals surface area contributed by atoms with Crippen LogP contribution in [0.1, 0.15) is 32.6 Å². The van der Waals surface area contributed by atoms with Gasteiger partial charge in [0.05, 0.1) is 6.61 Å². The Morgan fingerprint density at radius 2 is 2.07 bits per heavy atom. The standard InChI is InChI=1S/C8H18ClN2O3P/c1-8(12)11(9)6-4-2-3-5-7-14-15(10)13/h13H,2-7,10H2,1H3. The van der Waals surface area contributed by atoms with Gasteiger partial charge in [-0.2, -0.15) is 0 Å². The lowest BCUT2D eigenvalue weighted by Crippen LogP contribution is -2.18. The van der Waals surface area contributed by atoms with E-state index in [4.69, 9.17) is 26.7 Å². The summed E-state index contributed by atoms with van der Waals surface area (Å²) >= 11 is 5.61. The highest BCUT2D eigenvalue weighted by atomic mass is 35.5. The van der Waals surface area contributed by atoms with Crippen molar-refractivity contribution in [1.29, 1.82) is 0 Å². The molecule has 1 amide bonds. The Labute approximate surface area is 96.6 Å². The van der Waals surface area contributed by atoms with Crippen molar-refractivity contribution in [3.8, 4) is 0 Å². The molecule has 0 aliphatic heterocycles. The van der Waals surface area contributed by atoms with Gasteiger partial charge in [-0.05, 0) is 12.8 Å². The zero-order chi connectivity index (χ0) is 11.7. The number of nitrogens with two attached hydrogens (primary N) is 1. The highest BCUT2D eigenvalue weighted by Gasteiger charge is 2.03. The molecule has 0 saturated heterocycles. The third-order valence-corrected chi connectivity index (χ3v) is 2.67. The SMILES string of the molecule is CC(=O)N(Cl)CCCCCCOP(N)O. The number of carbonyl (C=O) groups excluding carboxylic acids is 1. The van der Waals surface area contributed by atoms with Crippen molar-refractivity contribution in [3.63, 3.8) is 0 Å². The van der Waals surface area contributed by atoms with Gasteiger partial charge in [-0.15, -0.1) is 0 Å². The van der Waals surface area contributed by atoms with Crippen LogP contribution in [0.4, 0.5) is 0 Å². The first-order valence-electron chi connectivity index (χ1n) is 4.84. The molecular formula is C8H18ClN2O3P. The van der Waals surface area contributed by atoms with Crippen LogP contribution in [0.5, 0.6) is 0 Å². The number of hydrogen-bond donors (Lipinski definition) is 2. The monoisotopic (exact) mass is 256 g/mol. The van der Waals surface area contributed by atoms with E-state index in [0.717, 1.165) is 25.7 Å². The third kappa shape index (κ3) is 10.4. The first kappa shape index (κ1) is 15.1. The number of unbranched alkanes of at least 4 members (excludes halogenated alkanes) is 3. The van der Waals surface area contributed by atoms with Crippen LogP contribution in [0, 0.1) is 0 Å². The zero-order valence-corrected chi connectivity index (χ0v) is 10.5. The molecule has 1 atom stereocenters. The molecule has 90 valence electrons. The van der Waals surface area contributed by atoms with Gasteiger partial charge < -0.3 is 9.42 Å². The van der Waals surface area contributed by atoms with Crippen molar-refractivity contribution in [2.45, 2.75) is 32.6 Å². The molecule has 0 aliphatic carbocycles. The maximum absolute atomic E-state index is 10.7. The molecule has 0 radical (unpaired) electrons. The predicted molar refractivity (Wildman–Crippen MR) is 61.0 cm³/mol. The van der Waals surface area contributed by atoms with Crippen LogP contribution in [0.2, 0.25) is 0 Å². The van der Waals surface area contributed by atoms with Crippen molar-refractivity contribution >= 4 is 26.2 Å². The Morgan fingerprint density at radius 3 is 2.60 bits per heavy atom. The molecule has 7 heteroatoms. The fraction of sp³-hybridized carbons (Fsp3) is 0.875. The van der Waals surface area contributed by atoms with E-state index in [-0.39, 0.29) is 5.91 Å². The van der Waals surface area contributed by atoms with Crippen molar-refractivity contribution in [1.82, 2.24) is 4.42 Å². The molecule has 0 fully saturated rings. The highest BCUT2D eigenvalue weighted by Crippen LogP contribution is 2.19. The second-order valence-electron chi connectivity index (χ2n) is 3.15. The van der Waals surface area contributed by atoms with E-state index in [1.165, 1.54) is 11.3 Å².